The van der Waals surface area contributed by atoms with Crippen LogP contribution in [0.1, 0.15) is 0 Å². The second-order valence-corrected chi connectivity index (χ2v) is 2.68. The van der Waals surface area contributed by atoms with Crippen LogP contribution in [-0.4, -0.2) is 57.8 Å². The Kier molecular flexibility index (Phi) is 2.97. The third-order valence-electron chi connectivity index (χ3n) is 1.80. The molecule has 1 fully saturated rings. The lowest BCUT2D eigenvalue weighted by Gasteiger charge is -2.16. The topological polar surface area (TPSA) is 90.2 Å². The Morgan fingerprint density at radius 1 is 1.42 bits per heavy atom. The highest BCUT2D eigenvalue weighted by Crippen LogP contribution is 2.24. The third kappa shape index (κ3) is 1.57. The monoisotopic (exact) mass is 182 g/mol. The van der Waals surface area contributed by atoms with E-state index in [-0.39, 0.29) is 0 Å². The van der Waals surface area contributed by atoms with Crippen LogP contribution in [0, 0.1) is 0 Å². The molecular formula is C6H11FO5. The quantitative estimate of drug-likeness (QED) is 0.387. The summed E-state index contributed by atoms with van der Waals surface area (Å²) in [6, 6.07) is 0. The first-order valence-corrected chi connectivity index (χ1v) is 3.52. The lowest BCUT2D eigenvalue weighted by atomic mass is 10.1. The highest BCUT2D eigenvalue weighted by atomic mass is 19.1. The zero-order chi connectivity index (χ0) is 9.30. The van der Waals surface area contributed by atoms with Crippen LogP contribution in [0.15, 0.2) is 0 Å². The summed E-state index contributed by atoms with van der Waals surface area (Å²) in [5.41, 5.74) is 0. The average Bonchev–Trinajstić information content (AvgIpc) is 2.32. The number of hydrogen-bond donors (Lipinski definition) is 4. The van der Waals surface area contributed by atoms with Crippen molar-refractivity contribution in [3.05, 3.63) is 0 Å². The van der Waals surface area contributed by atoms with Gasteiger partial charge in [-0.05, 0) is 0 Å². The molecule has 0 aromatic carbocycles. The van der Waals surface area contributed by atoms with Crippen molar-refractivity contribution in [1.29, 1.82) is 0 Å². The van der Waals surface area contributed by atoms with Crippen LogP contribution in [-0.2, 0) is 4.74 Å². The van der Waals surface area contributed by atoms with Crippen molar-refractivity contribution in [3.63, 3.8) is 0 Å². The lowest BCUT2D eigenvalue weighted by Crippen LogP contribution is -2.37. The van der Waals surface area contributed by atoms with Crippen LogP contribution in [0.3, 0.4) is 0 Å². The molecule has 5 atom stereocenters. The van der Waals surface area contributed by atoms with Crippen LogP contribution in [0.5, 0.6) is 0 Å². The largest absolute Gasteiger partial charge is 0.394 e. The van der Waals surface area contributed by atoms with Crippen LogP contribution in [0.2, 0.25) is 0 Å². The van der Waals surface area contributed by atoms with Gasteiger partial charge in [0.25, 0.3) is 0 Å². The van der Waals surface area contributed by atoms with Crippen LogP contribution in [0.25, 0.3) is 0 Å². The maximum Gasteiger partial charge on any atom is 0.184 e. The van der Waals surface area contributed by atoms with E-state index in [9.17, 15) is 4.39 Å². The second kappa shape index (κ2) is 3.63. The number of halogens is 1. The zero-order valence-electron chi connectivity index (χ0n) is 6.17. The van der Waals surface area contributed by atoms with E-state index in [0.717, 1.165) is 0 Å². The fourth-order valence-electron chi connectivity index (χ4n) is 1.07. The van der Waals surface area contributed by atoms with Gasteiger partial charge in [-0.25, -0.2) is 4.39 Å². The third-order valence-corrected chi connectivity index (χ3v) is 1.80. The van der Waals surface area contributed by atoms with Crippen molar-refractivity contribution < 1.29 is 29.6 Å². The molecule has 0 bridgehead atoms. The van der Waals surface area contributed by atoms with E-state index in [1.165, 1.54) is 0 Å². The van der Waals surface area contributed by atoms with Gasteiger partial charge in [-0.1, -0.05) is 0 Å². The molecule has 0 radical (unpaired) electrons. The van der Waals surface area contributed by atoms with Gasteiger partial charge < -0.3 is 25.2 Å². The van der Waals surface area contributed by atoms with Gasteiger partial charge in [-0.15, -0.1) is 0 Å². The van der Waals surface area contributed by atoms with Crippen LogP contribution in [0.4, 0.5) is 4.39 Å². The standard InChI is InChI=1S/C6H11FO5/c7-3-4(10)6(11)12-5(3)2(9)1-8/h2-6,8-11H,1H2/t2-,3-,4-,5+,6+/m1/s1. The van der Waals surface area contributed by atoms with Crippen molar-refractivity contribution in [3.8, 4) is 0 Å². The summed E-state index contributed by atoms with van der Waals surface area (Å²) in [4.78, 5) is 0. The van der Waals surface area contributed by atoms with Crippen molar-refractivity contribution in [2.24, 2.45) is 0 Å². The van der Waals surface area contributed by atoms with Crippen molar-refractivity contribution in [1.82, 2.24) is 0 Å². The van der Waals surface area contributed by atoms with Gasteiger partial charge >= 0.3 is 0 Å². The molecule has 1 aliphatic rings. The predicted molar refractivity (Wildman–Crippen MR) is 34.9 cm³/mol. The van der Waals surface area contributed by atoms with E-state index in [2.05, 4.69) is 4.74 Å². The highest BCUT2D eigenvalue weighted by Gasteiger charge is 2.46. The molecule has 0 aromatic heterocycles. The molecule has 1 saturated heterocycles. The smallest absolute Gasteiger partial charge is 0.184 e. The Balaban J connectivity index is 2.58. The summed E-state index contributed by atoms with van der Waals surface area (Å²) >= 11 is 0. The van der Waals surface area contributed by atoms with Crippen molar-refractivity contribution >= 4 is 0 Å². The van der Waals surface area contributed by atoms with Gasteiger partial charge in [0, 0.05) is 0 Å². The molecule has 0 spiro atoms. The van der Waals surface area contributed by atoms with E-state index >= 15 is 0 Å². The first-order valence-electron chi connectivity index (χ1n) is 3.52. The molecular weight excluding hydrogens is 171 g/mol. The fourth-order valence-corrected chi connectivity index (χ4v) is 1.07. The van der Waals surface area contributed by atoms with Crippen LogP contribution >= 0.6 is 0 Å². The minimum absolute atomic E-state index is 0.676. The van der Waals surface area contributed by atoms with Gasteiger partial charge in [-0.3, -0.25) is 0 Å². The first-order chi connectivity index (χ1) is 5.57. The summed E-state index contributed by atoms with van der Waals surface area (Å²) in [5, 5.41) is 35.0. The number of aliphatic hydroxyl groups excluding tert-OH is 4. The molecule has 1 aliphatic heterocycles. The van der Waals surface area contributed by atoms with E-state index in [1.807, 2.05) is 0 Å². The first kappa shape index (κ1) is 9.82. The Morgan fingerprint density at radius 2 is 2.00 bits per heavy atom. The predicted octanol–water partition coefficient (Wildman–Crippen LogP) is -2.24. The number of hydrogen-bond acceptors (Lipinski definition) is 5. The van der Waals surface area contributed by atoms with E-state index in [1.54, 1.807) is 0 Å². The minimum atomic E-state index is -1.87. The van der Waals surface area contributed by atoms with Gasteiger partial charge in [0.1, 0.15) is 18.3 Å². The molecule has 1 rings (SSSR count). The number of rotatable bonds is 2. The maximum absolute atomic E-state index is 12.9. The number of alkyl halides is 1. The van der Waals surface area contributed by atoms with E-state index < -0.39 is 37.4 Å². The molecule has 72 valence electrons. The normalized spacial score (nSPS) is 44.8. The molecule has 4 N–H and O–H groups in total. The highest BCUT2D eigenvalue weighted by molar-refractivity contribution is 4.90. The maximum atomic E-state index is 12.9. The summed E-state index contributed by atoms with van der Waals surface area (Å²) in [6.07, 6.45) is -7.95. The molecule has 6 heteroatoms. The van der Waals surface area contributed by atoms with Gasteiger partial charge in [-0.2, -0.15) is 0 Å². The Bertz CT molecular complexity index is 155. The summed E-state index contributed by atoms with van der Waals surface area (Å²) < 4.78 is 17.3. The molecule has 5 nitrogen and oxygen atoms in total. The SMILES string of the molecule is OC[C@@H](O)[C@@H]1O[C@H](O)[C@H](O)[C@H]1F. The molecule has 0 aromatic rings. The summed E-state index contributed by atoms with van der Waals surface area (Å²) in [7, 11) is 0. The average molecular weight is 182 g/mol. The second-order valence-electron chi connectivity index (χ2n) is 2.68. The Labute approximate surface area is 68.0 Å². The number of ether oxygens (including phenoxy) is 1. The Hall–Kier alpha value is -0.270. The molecule has 1 heterocycles. The zero-order valence-corrected chi connectivity index (χ0v) is 6.17. The molecule has 0 unspecified atom stereocenters. The fraction of sp³-hybridized carbons (Fsp3) is 1.00. The van der Waals surface area contributed by atoms with E-state index in [0.29, 0.717) is 0 Å². The summed E-state index contributed by atoms with van der Waals surface area (Å²) in [5.74, 6) is 0. The minimum Gasteiger partial charge on any atom is -0.394 e. The van der Waals surface area contributed by atoms with Gasteiger partial charge in [0.05, 0.1) is 6.61 Å². The molecule has 0 saturated carbocycles. The molecule has 12 heavy (non-hydrogen) atoms. The van der Waals surface area contributed by atoms with Crippen molar-refractivity contribution in [2.75, 3.05) is 6.61 Å². The van der Waals surface area contributed by atoms with Crippen LogP contribution < -0.4 is 0 Å². The lowest BCUT2D eigenvalue weighted by molar-refractivity contribution is -0.149. The summed E-state index contributed by atoms with van der Waals surface area (Å²) in [6.45, 7) is -0.676. The molecule has 0 aliphatic carbocycles. The van der Waals surface area contributed by atoms with Gasteiger partial charge in [0.15, 0.2) is 12.5 Å². The Morgan fingerprint density at radius 3 is 2.33 bits per heavy atom. The van der Waals surface area contributed by atoms with Gasteiger partial charge in [0.2, 0.25) is 0 Å². The molecule has 0 amide bonds. The van der Waals surface area contributed by atoms with E-state index in [4.69, 9.17) is 20.4 Å². The van der Waals surface area contributed by atoms with Crippen molar-refractivity contribution in [2.45, 2.75) is 30.8 Å². The number of aliphatic hydroxyl groups is 4.